The third-order valence-electron chi connectivity index (χ3n) is 2.36. The van der Waals surface area contributed by atoms with Gasteiger partial charge in [0.15, 0.2) is 0 Å². The Morgan fingerprint density at radius 3 is 2.48 bits per heavy atom. The predicted octanol–water partition coefficient (Wildman–Crippen LogP) is 1.45. The smallest absolute Gasteiger partial charge is 0.249 e. The van der Waals surface area contributed by atoms with Gasteiger partial charge in [0.25, 0.3) is 0 Å². The molecule has 0 radical (unpaired) electrons. The summed E-state index contributed by atoms with van der Waals surface area (Å²) in [5.74, 6) is 0.0122. The molecule has 21 heavy (non-hydrogen) atoms. The minimum atomic E-state index is -0.449. The lowest BCUT2D eigenvalue weighted by Gasteiger charge is -2.06. The molecule has 0 aromatic heterocycles. The molecule has 0 fully saturated rings. The molecule has 0 unspecified atom stereocenters. The van der Waals surface area contributed by atoms with Gasteiger partial charge < -0.3 is 10.1 Å². The van der Waals surface area contributed by atoms with Crippen molar-refractivity contribution in [3.8, 4) is 5.75 Å². The Hall–Kier alpha value is -2.37. The van der Waals surface area contributed by atoms with Crippen molar-refractivity contribution in [3.63, 3.8) is 0 Å². The Balaban J connectivity index is 2.39. The van der Waals surface area contributed by atoms with Gasteiger partial charge in [-0.25, -0.2) is 5.43 Å². The molecule has 0 heterocycles. The Kier molecular flexibility index (Phi) is 6.94. The second kappa shape index (κ2) is 8.73. The molecule has 1 aromatic carbocycles. The Morgan fingerprint density at radius 1 is 1.24 bits per heavy atom. The van der Waals surface area contributed by atoms with E-state index >= 15 is 0 Å². The van der Waals surface area contributed by atoms with Crippen LogP contribution in [0.2, 0.25) is 0 Å². The Morgan fingerprint density at radius 2 is 1.90 bits per heavy atom. The summed E-state index contributed by atoms with van der Waals surface area (Å²) in [7, 11) is 0. The molecule has 0 saturated heterocycles. The molecule has 1 rings (SSSR count). The minimum Gasteiger partial charge on any atom is -0.494 e. The van der Waals surface area contributed by atoms with Gasteiger partial charge in [0.05, 0.1) is 12.8 Å². The molecule has 0 spiro atoms. The number of carbonyl (C=O) groups is 2. The summed E-state index contributed by atoms with van der Waals surface area (Å²) in [5, 5.41) is 6.44. The molecule has 2 amide bonds. The first-order valence-corrected chi connectivity index (χ1v) is 6.85. The van der Waals surface area contributed by atoms with Gasteiger partial charge in [0.1, 0.15) is 12.2 Å². The monoisotopic (exact) mass is 291 g/mol. The number of nitrogens with one attached hydrogen (secondary N) is 2. The second-order valence-electron chi connectivity index (χ2n) is 4.69. The number of amides is 2. The molecule has 6 heteroatoms. The predicted molar refractivity (Wildman–Crippen MR) is 81.2 cm³/mol. The van der Waals surface area contributed by atoms with Gasteiger partial charge in [0, 0.05) is 6.04 Å². The summed E-state index contributed by atoms with van der Waals surface area (Å²) >= 11 is 0. The van der Waals surface area contributed by atoms with Gasteiger partial charge in [-0.3, -0.25) is 9.59 Å². The van der Waals surface area contributed by atoms with Gasteiger partial charge in [-0.2, -0.15) is 5.10 Å². The van der Waals surface area contributed by atoms with E-state index < -0.39 is 5.91 Å². The highest BCUT2D eigenvalue weighted by molar-refractivity contribution is 5.97. The van der Waals surface area contributed by atoms with E-state index in [0.717, 1.165) is 11.3 Å². The number of carbonyl (C=O) groups excluding carboxylic acids is 2. The fraction of sp³-hybridized carbons (Fsp3) is 0.400. The standard InChI is InChI=1S/C15H21N3O3/c1-4-21-13-7-5-12(6-8-13)10-16-18-15(20)9-14(19)17-11(2)3/h5-8,10-11H,4,9H2,1-3H3,(H,17,19)(H,18,20)/b16-10+. The van der Waals surface area contributed by atoms with Gasteiger partial charge in [-0.05, 0) is 50.6 Å². The van der Waals surface area contributed by atoms with Crippen LogP contribution < -0.4 is 15.5 Å². The van der Waals surface area contributed by atoms with Gasteiger partial charge >= 0.3 is 0 Å². The first-order chi connectivity index (χ1) is 10.0. The molecule has 6 nitrogen and oxygen atoms in total. The third-order valence-corrected chi connectivity index (χ3v) is 2.36. The van der Waals surface area contributed by atoms with Crippen molar-refractivity contribution < 1.29 is 14.3 Å². The zero-order valence-electron chi connectivity index (χ0n) is 12.6. The van der Waals surface area contributed by atoms with Crippen molar-refractivity contribution in [1.82, 2.24) is 10.7 Å². The molecular formula is C15H21N3O3. The van der Waals surface area contributed by atoms with Gasteiger partial charge in [-0.15, -0.1) is 0 Å². The Labute approximate surface area is 124 Å². The molecule has 0 aliphatic heterocycles. The summed E-state index contributed by atoms with van der Waals surface area (Å²) < 4.78 is 5.32. The highest BCUT2D eigenvalue weighted by Crippen LogP contribution is 2.10. The zero-order chi connectivity index (χ0) is 15.7. The average Bonchev–Trinajstić information content (AvgIpc) is 2.40. The average molecular weight is 291 g/mol. The molecule has 114 valence electrons. The summed E-state index contributed by atoms with van der Waals surface area (Å²) in [6, 6.07) is 7.31. The van der Waals surface area contributed by atoms with Crippen molar-refractivity contribution in [2.75, 3.05) is 6.61 Å². The van der Waals surface area contributed by atoms with Crippen LogP contribution in [0.5, 0.6) is 5.75 Å². The molecule has 0 atom stereocenters. The van der Waals surface area contributed by atoms with E-state index in [9.17, 15) is 9.59 Å². The van der Waals surface area contributed by atoms with Crippen LogP contribution in [0.25, 0.3) is 0 Å². The van der Waals surface area contributed by atoms with Crippen molar-refractivity contribution in [2.24, 2.45) is 5.10 Å². The molecule has 0 aliphatic rings. The van der Waals surface area contributed by atoms with E-state index in [1.54, 1.807) is 0 Å². The number of rotatable bonds is 7. The Bertz CT molecular complexity index is 495. The van der Waals surface area contributed by atoms with Crippen LogP contribution in [-0.2, 0) is 9.59 Å². The van der Waals surface area contributed by atoms with Crippen molar-refractivity contribution in [3.05, 3.63) is 29.8 Å². The van der Waals surface area contributed by atoms with E-state index in [0.29, 0.717) is 6.61 Å². The van der Waals surface area contributed by atoms with Crippen LogP contribution in [0.15, 0.2) is 29.4 Å². The van der Waals surface area contributed by atoms with Crippen molar-refractivity contribution in [1.29, 1.82) is 0 Å². The lowest BCUT2D eigenvalue weighted by Crippen LogP contribution is -2.34. The number of ether oxygens (including phenoxy) is 1. The van der Waals surface area contributed by atoms with Crippen LogP contribution >= 0.6 is 0 Å². The molecule has 0 aliphatic carbocycles. The molecule has 1 aromatic rings. The van der Waals surface area contributed by atoms with E-state index in [1.165, 1.54) is 6.21 Å². The van der Waals surface area contributed by atoms with Crippen molar-refractivity contribution >= 4 is 18.0 Å². The van der Waals surface area contributed by atoms with Crippen LogP contribution in [0.4, 0.5) is 0 Å². The lowest BCUT2D eigenvalue weighted by molar-refractivity contribution is -0.129. The molecule has 2 N–H and O–H groups in total. The first-order valence-electron chi connectivity index (χ1n) is 6.85. The maximum Gasteiger partial charge on any atom is 0.249 e. The third kappa shape index (κ3) is 7.10. The van der Waals surface area contributed by atoms with E-state index in [4.69, 9.17) is 4.74 Å². The lowest BCUT2D eigenvalue weighted by atomic mass is 10.2. The summed E-state index contributed by atoms with van der Waals surface area (Å²) in [4.78, 5) is 22.8. The normalized spacial score (nSPS) is 10.7. The number of hydrazone groups is 1. The maximum atomic E-state index is 11.5. The summed E-state index contributed by atoms with van der Waals surface area (Å²) in [6.07, 6.45) is 1.27. The number of nitrogens with zero attached hydrogens (tertiary/aromatic N) is 1. The molecular weight excluding hydrogens is 270 g/mol. The van der Waals surface area contributed by atoms with E-state index in [2.05, 4.69) is 15.8 Å². The fourth-order valence-electron chi connectivity index (χ4n) is 1.55. The van der Waals surface area contributed by atoms with Crippen LogP contribution in [0, 0.1) is 0 Å². The van der Waals surface area contributed by atoms with Crippen LogP contribution in [-0.4, -0.2) is 30.7 Å². The zero-order valence-corrected chi connectivity index (χ0v) is 12.6. The van der Waals surface area contributed by atoms with E-state index in [1.807, 2.05) is 45.0 Å². The molecule has 0 bridgehead atoms. The summed E-state index contributed by atoms with van der Waals surface area (Å²) in [6.45, 7) is 6.20. The highest BCUT2D eigenvalue weighted by atomic mass is 16.5. The first kappa shape index (κ1) is 16.7. The van der Waals surface area contributed by atoms with Crippen LogP contribution in [0.1, 0.15) is 32.8 Å². The van der Waals surface area contributed by atoms with E-state index in [-0.39, 0.29) is 18.4 Å². The van der Waals surface area contributed by atoms with Gasteiger partial charge in [0.2, 0.25) is 11.8 Å². The SMILES string of the molecule is CCOc1ccc(/C=N/NC(=O)CC(=O)NC(C)C)cc1. The quantitative estimate of drug-likeness (QED) is 0.453. The highest BCUT2D eigenvalue weighted by Gasteiger charge is 2.08. The largest absolute Gasteiger partial charge is 0.494 e. The summed E-state index contributed by atoms with van der Waals surface area (Å²) in [5.41, 5.74) is 3.14. The van der Waals surface area contributed by atoms with Gasteiger partial charge in [-0.1, -0.05) is 0 Å². The minimum absolute atomic E-state index is 0.0117. The topological polar surface area (TPSA) is 79.8 Å². The number of benzene rings is 1. The molecule has 0 saturated carbocycles. The van der Waals surface area contributed by atoms with Crippen molar-refractivity contribution in [2.45, 2.75) is 33.2 Å². The number of hydrogen-bond donors (Lipinski definition) is 2. The fourth-order valence-corrected chi connectivity index (χ4v) is 1.55. The number of hydrogen-bond acceptors (Lipinski definition) is 4. The maximum absolute atomic E-state index is 11.5. The second-order valence-corrected chi connectivity index (χ2v) is 4.69. The van der Waals surface area contributed by atoms with Crippen LogP contribution in [0.3, 0.4) is 0 Å².